The summed E-state index contributed by atoms with van der Waals surface area (Å²) in [4.78, 5) is 33.3. The van der Waals surface area contributed by atoms with E-state index in [1.54, 1.807) is 0 Å². The van der Waals surface area contributed by atoms with Crippen LogP contribution >= 0.6 is 0 Å². The number of ether oxygens (including phenoxy) is 1. The Morgan fingerprint density at radius 1 is 1.16 bits per heavy atom. The van der Waals surface area contributed by atoms with Crippen molar-refractivity contribution in [2.24, 2.45) is 5.92 Å². The molecular formula is C25H31N3O3. The first kappa shape index (κ1) is 21.3. The van der Waals surface area contributed by atoms with Crippen LogP contribution in [0.1, 0.15) is 47.4 Å². The van der Waals surface area contributed by atoms with Crippen molar-refractivity contribution in [1.82, 2.24) is 14.8 Å². The number of amides is 2. The van der Waals surface area contributed by atoms with Crippen molar-refractivity contribution < 1.29 is 14.3 Å². The van der Waals surface area contributed by atoms with Gasteiger partial charge in [-0.1, -0.05) is 12.1 Å². The van der Waals surface area contributed by atoms with E-state index >= 15 is 0 Å². The molecule has 2 saturated heterocycles. The zero-order valence-electron chi connectivity index (χ0n) is 18.3. The van der Waals surface area contributed by atoms with Crippen molar-refractivity contribution in [3.8, 4) is 5.75 Å². The van der Waals surface area contributed by atoms with Gasteiger partial charge in [-0.3, -0.25) is 14.6 Å². The number of hydrogen-bond acceptors (Lipinski definition) is 4. The molecule has 0 unspecified atom stereocenters. The lowest BCUT2D eigenvalue weighted by molar-refractivity contribution is -0.128. The first-order valence-corrected chi connectivity index (χ1v) is 11.3. The molecule has 0 N–H and O–H groups in total. The third-order valence-corrected chi connectivity index (χ3v) is 6.13. The van der Waals surface area contributed by atoms with Crippen LogP contribution in [0.5, 0.6) is 5.75 Å². The molecule has 2 aromatic rings. The molecule has 2 aliphatic heterocycles. The molecule has 2 aliphatic rings. The maximum atomic E-state index is 13.1. The molecule has 6 heteroatoms. The monoisotopic (exact) mass is 421 g/mol. The third-order valence-electron chi connectivity index (χ3n) is 6.13. The van der Waals surface area contributed by atoms with Gasteiger partial charge in [0.2, 0.25) is 5.91 Å². The zero-order valence-corrected chi connectivity index (χ0v) is 18.3. The van der Waals surface area contributed by atoms with Crippen LogP contribution in [0.25, 0.3) is 0 Å². The summed E-state index contributed by atoms with van der Waals surface area (Å²) in [6.07, 6.45) is 4.62. The second-order valence-electron chi connectivity index (χ2n) is 8.59. The van der Waals surface area contributed by atoms with Gasteiger partial charge in [0.15, 0.2) is 0 Å². The van der Waals surface area contributed by atoms with E-state index in [4.69, 9.17) is 4.74 Å². The van der Waals surface area contributed by atoms with Crippen LogP contribution in [0, 0.1) is 12.8 Å². The van der Waals surface area contributed by atoms with Crippen molar-refractivity contribution in [3.63, 3.8) is 0 Å². The second kappa shape index (κ2) is 9.94. The molecule has 0 aliphatic carbocycles. The number of likely N-dealkylation sites (tertiary alicyclic amines) is 2. The topological polar surface area (TPSA) is 62.7 Å². The summed E-state index contributed by atoms with van der Waals surface area (Å²) in [5.74, 6) is 1.37. The Morgan fingerprint density at radius 2 is 2.03 bits per heavy atom. The number of aryl methyl sites for hydroxylation is 1. The molecule has 1 aromatic carbocycles. The number of nitrogens with zero attached hydrogens (tertiary/aromatic N) is 3. The summed E-state index contributed by atoms with van der Waals surface area (Å²) >= 11 is 0. The smallest absolute Gasteiger partial charge is 0.253 e. The lowest BCUT2D eigenvalue weighted by Gasteiger charge is -2.33. The van der Waals surface area contributed by atoms with E-state index in [-0.39, 0.29) is 11.8 Å². The van der Waals surface area contributed by atoms with Gasteiger partial charge in [-0.2, -0.15) is 0 Å². The zero-order chi connectivity index (χ0) is 21.6. The molecule has 31 heavy (non-hydrogen) atoms. The molecule has 0 saturated carbocycles. The fourth-order valence-electron chi connectivity index (χ4n) is 4.54. The average Bonchev–Trinajstić information content (AvgIpc) is 3.18. The highest BCUT2D eigenvalue weighted by molar-refractivity contribution is 5.94. The number of benzene rings is 1. The first-order chi connectivity index (χ1) is 15.1. The number of rotatable bonds is 7. The van der Waals surface area contributed by atoms with Gasteiger partial charge < -0.3 is 14.5 Å². The molecule has 2 fully saturated rings. The summed E-state index contributed by atoms with van der Waals surface area (Å²) in [6, 6.07) is 13.5. The van der Waals surface area contributed by atoms with Crippen molar-refractivity contribution >= 4 is 11.8 Å². The number of aromatic nitrogens is 1. The summed E-state index contributed by atoms with van der Waals surface area (Å²) in [5.41, 5.74) is 2.79. The van der Waals surface area contributed by atoms with E-state index in [1.807, 2.05) is 47.1 Å². The van der Waals surface area contributed by atoms with Crippen LogP contribution in [0.4, 0.5) is 0 Å². The normalized spacial score (nSPS) is 19.0. The minimum absolute atomic E-state index is 0.0575. The maximum absolute atomic E-state index is 13.1. The fraction of sp³-hybridized carbons (Fsp3) is 0.480. The summed E-state index contributed by atoms with van der Waals surface area (Å²) in [6.45, 7) is 5.42. The molecule has 0 radical (unpaired) electrons. The number of pyridine rings is 1. The van der Waals surface area contributed by atoms with Crippen LogP contribution in [0.3, 0.4) is 0 Å². The molecule has 1 aromatic heterocycles. The Labute approximate surface area is 184 Å². The van der Waals surface area contributed by atoms with Crippen molar-refractivity contribution in [1.29, 1.82) is 0 Å². The maximum Gasteiger partial charge on any atom is 0.253 e. The first-order valence-electron chi connectivity index (χ1n) is 11.3. The predicted octanol–water partition coefficient (Wildman–Crippen LogP) is 3.49. The molecule has 6 nitrogen and oxygen atoms in total. The van der Waals surface area contributed by atoms with Crippen molar-refractivity contribution in [3.05, 3.63) is 59.4 Å². The van der Waals surface area contributed by atoms with Gasteiger partial charge in [-0.15, -0.1) is 0 Å². The van der Waals surface area contributed by atoms with Crippen LogP contribution in [0.15, 0.2) is 42.5 Å². The largest absolute Gasteiger partial charge is 0.492 e. The van der Waals surface area contributed by atoms with Gasteiger partial charge in [-0.05, 0) is 68.9 Å². The highest BCUT2D eigenvalue weighted by atomic mass is 16.5. The summed E-state index contributed by atoms with van der Waals surface area (Å²) in [5, 5.41) is 0. The Bertz CT molecular complexity index is 930. The van der Waals surface area contributed by atoms with Gasteiger partial charge in [-0.25, -0.2) is 0 Å². The predicted molar refractivity (Wildman–Crippen MR) is 119 cm³/mol. The summed E-state index contributed by atoms with van der Waals surface area (Å²) < 4.78 is 5.83. The van der Waals surface area contributed by atoms with Crippen LogP contribution < -0.4 is 4.74 Å². The van der Waals surface area contributed by atoms with Crippen LogP contribution in [-0.2, 0) is 11.2 Å². The van der Waals surface area contributed by atoms with Crippen molar-refractivity contribution in [2.45, 2.75) is 39.0 Å². The quantitative estimate of drug-likeness (QED) is 0.687. The molecule has 3 heterocycles. The number of carbonyl (C=O) groups excluding carboxylic acids is 2. The lowest BCUT2D eigenvalue weighted by Crippen LogP contribution is -2.40. The fourth-order valence-corrected chi connectivity index (χ4v) is 4.54. The minimum atomic E-state index is 0.0575. The number of hydrogen-bond donors (Lipinski definition) is 0. The Balaban J connectivity index is 1.32. The third kappa shape index (κ3) is 5.63. The lowest BCUT2D eigenvalue weighted by atomic mass is 9.92. The van der Waals surface area contributed by atoms with E-state index in [0.717, 1.165) is 56.7 Å². The number of piperidine rings is 1. The van der Waals surface area contributed by atoms with Gasteiger partial charge in [0, 0.05) is 43.0 Å². The SMILES string of the molecule is Cc1cccc(C[C@H]2CCCN(C(=O)c3cccc(OCCN4CCCC4=O)c3)C2)n1. The standard InChI is InChI=1S/C25H31N3O3/c1-19-6-2-9-22(26-19)16-20-7-4-13-28(18-20)25(30)21-8-3-10-23(17-21)31-15-14-27-12-5-11-24(27)29/h2-3,6,8-10,17,20H,4-5,7,11-16,18H2,1H3/t20-/m1/s1. The second-order valence-corrected chi connectivity index (χ2v) is 8.59. The van der Waals surface area contributed by atoms with Gasteiger partial charge in [0.25, 0.3) is 5.91 Å². The minimum Gasteiger partial charge on any atom is -0.492 e. The van der Waals surface area contributed by atoms with E-state index in [0.29, 0.717) is 36.8 Å². The molecule has 4 rings (SSSR count). The Morgan fingerprint density at radius 3 is 2.84 bits per heavy atom. The highest BCUT2D eigenvalue weighted by Gasteiger charge is 2.25. The highest BCUT2D eigenvalue weighted by Crippen LogP contribution is 2.23. The molecule has 2 amide bonds. The van der Waals surface area contributed by atoms with E-state index < -0.39 is 0 Å². The van der Waals surface area contributed by atoms with Crippen molar-refractivity contribution in [2.75, 3.05) is 32.8 Å². The van der Waals surface area contributed by atoms with Gasteiger partial charge in [0.1, 0.15) is 12.4 Å². The van der Waals surface area contributed by atoms with Crippen LogP contribution in [-0.4, -0.2) is 59.4 Å². The molecule has 0 bridgehead atoms. The molecule has 1 atom stereocenters. The molecule has 0 spiro atoms. The van der Waals surface area contributed by atoms with Gasteiger partial charge in [0.05, 0.1) is 6.54 Å². The summed E-state index contributed by atoms with van der Waals surface area (Å²) in [7, 11) is 0. The molecule has 164 valence electrons. The van der Waals surface area contributed by atoms with E-state index in [1.165, 1.54) is 0 Å². The van der Waals surface area contributed by atoms with E-state index in [9.17, 15) is 9.59 Å². The number of carbonyl (C=O) groups is 2. The average molecular weight is 422 g/mol. The van der Waals surface area contributed by atoms with Crippen LogP contribution in [0.2, 0.25) is 0 Å². The van der Waals surface area contributed by atoms with Gasteiger partial charge >= 0.3 is 0 Å². The molecular weight excluding hydrogens is 390 g/mol. The van der Waals surface area contributed by atoms with E-state index in [2.05, 4.69) is 17.1 Å². The Hall–Kier alpha value is -2.89. The Kier molecular flexibility index (Phi) is 6.85.